The van der Waals surface area contributed by atoms with Crippen LogP contribution in [0.5, 0.6) is 17.2 Å². The van der Waals surface area contributed by atoms with E-state index in [-0.39, 0.29) is 0 Å². The number of imidazole rings is 1. The van der Waals surface area contributed by atoms with E-state index >= 15 is 0 Å². The van der Waals surface area contributed by atoms with Crippen LogP contribution in [0.1, 0.15) is 12.2 Å². The van der Waals surface area contributed by atoms with Crippen LogP contribution in [0.2, 0.25) is 0 Å². The van der Waals surface area contributed by atoms with Gasteiger partial charge < -0.3 is 29.8 Å². The first-order valence-corrected chi connectivity index (χ1v) is 9.10. The summed E-state index contributed by atoms with van der Waals surface area (Å²) < 4.78 is 18.6. The molecule has 0 atom stereocenters. The fourth-order valence-corrected chi connectivity index (χ4v) is 3.08. The van der Waals surface area contributed by atoms with Crippen LogP contribution in [0.25, 0.3) is 11.0 Å². The van der Waals surface area contributed by atoms with E-state index in [0.717, 1.165) is 40.5 Å². The summed E-state index contributed by atoms with van der Waals surface area (Å²) in [7, 11) is 3.60. The normalized spacial score (nSPS) is 14.0. The number of benzene rings is 2. The number of nitrogens with two attached hydrogens (primary N) is 1. The topological polar surface area (TPSA) is 95.9 Å². The molecule has 8 nitrogen and oxygen atoms in total. The second-order valence-corrected chi connectivity index (χ2v) is 6.48. The Morgan fingerprint density at radius 2 is 2.04 bits per heavy atom. The molecule has 3 aromatic rings. The van der Waals surface area contributed by atoms with Crippen molar-refractivity contribution >= 4 is 22.7 Å². The van der Waals surface area contributed by atoms with E-state index in [4.69, 9.17) is 19.9 Å². The first-order chi connectivity index (χ1) is 13.6. The average molecular weight is 381 g/mol. The molecule has 4 rings (SSSR count). The standard InChI is InChI=1S/C20H23N5O3/c1-25-16-6-5-14(26-2)11-15(16)24-19(25)12-22-20(21)23-13-4-7-17-18(10-13)28-9-3-8-27-17/h4-7,10-11H,3,8-9,12H2,1-2H3,(H3,21,22,23). The maximum absolute atomic E-state index is 6.06. The van der Waals surface area contributed by atoms with Crippen molar-refractivity contribution < 1.29 is 14.2 Å². The molecule has 0 spiro atoms. The molecule has 0 aliphatic carbocycles. The predicted octanol–water partition coefficient (Wildman–Crippen LogP) is 2.67. The van der Waals surface area contributed by atoms with Gasteiger partial charge in [0.2, 0.25) is 0 Å². The van der Waals surface area contributed by atoms with Gasteiger partial charge in [0.15, 0.2) is 17.5 Å². The van der Waals surface area contributed by atoms with E-state index in [1.807, 2.05) is 48.0 Å². The summed E-state index contributed by atoms with van der Waals surface area (Å²) >= 11 is 0. The van der Waals surface area contributed by atoms with Crippen molar-refractivity contribution in [2.75, 3.05) is 25.6 Å². The van der Waals surface area contributed by atoms with E-state index in [1.165, 1.54) is 0 Å². The van der Waals surface area contributed by atoms with E-state index in [1.54, 1.807) is 7.11 Å². The maximum atomic E-state index is 6.06. The quantitative estimate of drug-likeness (QED) is 0.533. The molecule has 1 aliphatic rings. The lowest BCUT2D eigenvalue weighted by Crippen LogP contribution is -2.22. The Labute approximate surface area is 162 Å². The Hall–Kier alpha value is -3.42. The van der Waals surface area contributed by atoms with Gasteiger partial charge in [0, 0.05) is 31.3 Å². The zero-order chi connectivity index (χ0) is 19.5. The summed E-state index contributed by atoms with van der Waals surface area (Å²) in [6.45, 7) is 1.65. The van der Waals surface area contributed by atoms with Crippen LogP contribution in [0, 0.1) is 0 Å². The Bertz CT molecular complexity index is 1030. The van der Waals surface area contributed by atoms with Gasteiger partial charge in [-0.1, -0.05) is 0 Å². The third kappa shape index (κ3) is 3.66. The number of hydrogen-bond acceptors (Lipinski definition) is 5. The van der Waals surface area contributed by atoms with E-state index < -0.39 is 0 Å². The maximum Gasteiger partial charge on any atom is 0.193 e. The molecule has 0 bridgehead atoms. The summed E-state index contributed by atoms with van der Waals surface area (Å²) in [5.74, 6) is 3.34. The number of rotatable bonds is 4. The summed E-state index contributed by atoms with van der Waals surface area (Å²) in [5.41, 5.74) is 8.73. The van der Waals surface area contributed by atoms with Crippen molar-refractivity contribution in [2.45, 2.75) is 13.0 Å². The molecule has 0 saturated carbocycles. The Kier molecular flexibility index (Phi) is 4.92. The minimum Gasteiger partial charge on any atom is -0.497 e. The van der Waals surface area contributed by atoms with Gasteiger partial charge in [-0.05, 0) is 24.3 Å². The van der Waals surface area contributed by atoms with Crippen LogP contribution in [0.15, 0.2) is 41.4 Å². The van der Waals surface area contributed by atoms with Crippen LogP contribution in [0.4, 0.5) is 5.69 Å². The first-order valence-electron chi connectivity index (χ1n) is 9.10. The van der Waals surface area contributed by atoms with Crippen molar-refractivity contribution in [3.8, 4) is 17.2 Å². The number of fused-ring (bicyclic) bond motifs is 2. The number of aliphatic imine (C=N–C) groups is 1. The molecule has 146 valence electrons. The minimum atomic E-state index is 0.305. The Morgan fingerprint density at radius 1 is 1.21 bits per heavy atom. The van der Waals surface area contributed by atoms with E-state index in [2.05, 4.69) is 15.3 Å². The highest BCUT2D eigenvalue weighted by Gasteiger charge is 2.11. The second-order valence-electron chi connectivity index (χ2n) is 6.48. The molecule has 8 heteroatoms. The Morgan fingerprint density at radius 3 is 2.86 bits per heavy atom. The van der Waals surface area contributed by atoms with Gasteiger partial charge in [-0.2, -0.15) is 0 Å². The number of aromatic nitrogens is 2. The van der Waals surface area contributed by atoms with Gasteiger partial charge in [-0.25, -0.2) is 9.98 Å². The second kappa shape index (κ2) is 7.67. The largest absolute Gasteiger partial charge is 0.497 e. The lowest BCUT2D eigenvalue weighted by Gasteiger charge is -2.10. The van der Waals surface area contributed by atoms with Crippen molar-refractivity contribution in [1.82, 2.24) is 9.55 Å². The van der Waals surface area contributed by atoms with Crippen LogP contribution < -0.4 is 25.3 Å². The summed E-state index contributed by atoms with van der Waals surface area (Å²) in [4.78, 5) is 9.04. The zero-order valence-corrected chi connectivity index (χ0v) is 15.9. The minimum absolute atomic E-state index is 0.305. The molecule has 2 heterocycles. The highest BCUT2D eigenvalue weighted by Crippen LogP contribution is 2.32. The highest BCUT2D eigenvalue weighted by atomic mass is 16.5. The summed E-state index contributed by atoms with van der Waals surface area (Å²) in [6.07, 6.45) is 0.866. The molecule has 1 aliphatic heterocycles. The van der Waals surface area contributed by atoms with Gasteiger partial charge >= 0.3 is 0 Å². The lowest BCUT2D eigenvalue weighted by molar-refractivity contribution is 0.297. The molecular formula is C20H23N5O3. The van der Waals surface area contributed by atoms with Gasteiger partial charge in [-0.15, -0.1) is 0 Å². The average Bonchev–Trinajstić information content (AvgIpc) is 2.86. The number of nitrogens with zero attached hydrogens (tertiary/aromatic N) is 3. The third-order valence-corrected chi connectivity index (χ3v) is 4.59. The molecule has 0 unspecified atom stereocenters. The number of methoxy groups -OCH3 is 1. The fourth-order valence-electron chi connectivity index (χ4n) is 3.08. The van der Waals surface area contributed by atoms with Crippen molar-refractivity contribution in [3.05, 3.63) is 42.2 Å². The first kappa shape index (κ1) is 18.0. The molecule has 0 amide bonds. The molecule has 0 saturated heterocycles. The predicted molar refractivity (Wildman–Crippen MR) is 108 cm³/mol. The zero-order valence-electron chi connectivity index (χ0n) is 15.9. The Balaban J connectivity index is 1.48. The monoisotopic (exact) mass is 381 g/mol. The number of aryl methyl sites for hydroxylation is 1. The van der Waals surface area contributed by atoms with Crippen LogP contribution in [-0.4, -0.2) is 35.8 Å². The van der Waals surface area contributed by atoms with Crippen LogP contribution in [0.3, 0.4) is 0 Å². The number of anilines is 1. The third-order valence-electron chi connectivity index (χ3n) is 4.59. The molecule has 3 N–H and O–H groups in total. The van der Waals surface area contributed by atoms with Gasteiger partial charge in [0.1, 0.15) is 18.1 Å². The van der Waals surface area contributed by atoms with E-state index in [9.17, 15) is 0 Å². The SMILES string of the molecule is COc1ccc2c(c1)nc(CN=C(N)Nc1ccc3c(c1)OCCCO3)n2C. The number of ether oxygens (including phenoxy) is 3. The molecule has 2 aromatic carbocycles. The summed E-state index contributed by atoms with van der Waals surface area (Å²) in [5, 5.41) is 3.09. The molecule has 0 fully saturated rings. The molecule has 28 heavy (non-hydrogen) atoms. The van der Waals surface area contributed by atoms with E-state index in [0.29, 0.717) is 31.5 Å². The molecule has 1 aromatic heterocycles. The van der Waals surface area contributed by atoms with Crippen molar-refractivity contribution in [1.29, 1.82) is 0 Å². The number of nitrogens with one attached hydrogen (secondary N) is 1. The van der Waals surface area contributed by atoms with Crippen molar-refractivity contribution in [2.24, 2.45) is 17.8 Å². The fraction of sp³-hybridized carbons (Fsp3) is 0.300. The number of hydrogen-bond donors (Lipinski definition) is 2. The summed E-state index contributed by atoms with van der Waals surface area (Å²) in [6, 6.07) is 11.4. The van der Waals surface area contributed by atoms with Gasteiger partial charge in [-0.3, -0.25) is 0 Å². The van der Waals surface area contributed by atoms with Crippen LogP contribution >= 0.6 is 0 Å². The smallest absolute Gasteiger partial charge is 0.193 e. The van der Waals surface area contributed by atoms with Crippen molar-refractivity contribution in [3.63, 3.8) is 0 Å². The van der Waals surface area contributed by atoms with Gasteiger partial charge in [0.25, 0.3) is 0 Å². The molecular weight excluding hydrogens is 358 g/mol. The lowest BCUT2D eigenvalue weighted by atomic mass is 10.3. The number of guanidine groups is 1. The molecule has 0 radical (unpaired) electrons. The highest BCUT2D eigenvalue weighted by molar-refractivity contribution is 5.92. The van der Waals surface area contributed by atoms with Gasteiger partial charge in [0.05, 0.1) is 31.4 Å². The van der Waals surface area contributed by atoms with Crippen LogP contribution in [-0.2, 0) is 13.6 Å².